The van der Waals surface area contributed by atoms with Crippen LogP contribution in [0.15, 0.2) is 79.0 Å². The molecule has 32 heavy (non-hydrogen) atoms. The number of halogens is 3. The number of hydrogen-bond acceptors (Lipinski definition) is 2. The fourth-order valence-corrected chi connectivity index (χ4v) is 4.09. The zero-order valence-electron chi connectivity index (χ0n) is 16.9. The second-order valence-corrected chi connectivity index (χ2v) is 8.56. The van der Waals surface area contributed by atoms with Gasteiger partial charge in [-0.25, -0.2) is 4.79 Å². The Morgan fingerprint density at radius 2 is 1.53 bits per heavy atom. The van der Waals surface area contributed by atoms with E-state index in [-0.39, 0.29) is 5.69 Å². The molecule has 2 N–H and O–H groups in total. The van der Waals surface area contributed by atoms with Crippen molar-refractivity contribution < 1.29 is 9.90 Å². The maximum Gasteiger partial charge on any atom is 0.352 e. The molecular weight excluding hydrogens is 467 g/mol. The Hall–Kier alpha value is -2.92. The van der Waals surface area contributed by atoms with E-state index in [1.54, 1.807) is 22.8 Å². The van der Waals surface area contributed by atoms with Gasteiger partial charge in [0.2, 0.25) is 0 Å². The monoisotopic (exact) mass is 484 g/mol. The van der Waals surface area contributed by atoms with Crippen molar-refractivity contribution in [2.75, 3.05) is 5.32 Å². The predicted molar refractivity (Wildman–Crippen MR) is 131 cm³/mol. The number of benzene rings is 3. The Morgan fingerprint density at radius 3 is 2.16 bits per heavy atom. The smallest absolute Gasteiger partial charge is 0.352 e. The van der Waals surface area contributed by atoms with Crippen molar-refractivity contribution >= 4 is 46.5 Å². The second-order valence-electron chi connectivity index (χ2n) is 7.30. The molecule has 162 valence electrons. The molecule has 0 aliphatic heterocycles. The maximum absolute atomic E-state index is 11.8. The Morgan fingerprint density at radius 1 is 0.875 bits per heavy atom. The summed E-state index contributed by atoms with van der Waals surface area (Å²) in [6.45, 7) is 0.940. The molecule has 0 spiro atoms. The normalized spacial score (nSPS) is 10.8. The van der Waals surface area contributed by atoms with Crippen LogP contribution in [0.4, 0.5) is 5.69 Å². The number of carboxylic acid groups (broad SMARTS) is 1. The van der Waals surface area contributed by atoms with E-state index in [1.165, 1.54) is 0 Å². The number of nitrogens with one attached hydrogen (secondary N) is 1. The minimum absolute atomic E-state index is 0.227. The van der Waals surface area contributed by atoms with E-state index >= 15 is 0 Å². The molecule has 4 nitrogen and oxygen atoms in total. The van der Waals surface area contributed by atoms with Crippen molar-refractivity contribution in [3.05, 3.63) is 111 Å². The van der Waals surface area contributed by atoms with E-state index in [1.807, 2.05) is 60.8 Å². The van der Waals surface area contributed by atoms with Crippen LogP contribution < -0.4 is 5.32 Å². The molecule has 0 fully saturated rings. The number of anilines is 1. The van der Waals surface area contributed by atoms with E-state index in [0.29, 0.717) is 28.2 Å². The molecule has 1 aromatic heterocycles. The summed E-state index contributed by atoms with van der Waals surface area (Å²) < 4.78 is 1.73. The van der Waals surface area contributed by atoms with Crippen molar-refractivity contribution in [3.63, 3.8) is 0 Å². The number of hydrogen-bond donors (Lipinski definition) is 2. The van der Waals surface area contributed by atoms with Crippen molar-refractivity contribution in [3.8, 4) is 11.1 Å². The lowest BCUT2D eigenvalue weighted by Crippen LogP contribution is -2.08. The lowest BCUT2D eigenvalue weighted by molar-refractivity contribution is 0.0685. The molecule has 4 rings (SSSR count). The highest BCUT2D eigenvalue weighted by atomic mass is 35.5. The summed E-state index contributed by atoms with van der Waals surface area (Å²) in [5.74, 6) is -0.972. The van der Waals surface area contributed by atoms with E-state index in [4.69, 9.17) is 34.8 Å². The van der Waals surface area contributed by atoms with Crippen molar-refractivity contribution in [2.24, 2.45) is 0 Å². The number of aromatic nitrogens is 1. The SMILES string of the molecule is O=C(O)c1cc(-c2ccc(NCc3c(Cl)cccc3Cl)cc2)cn1Cc1ccc(Cl)cc1. The minimum atomic E-state index is -0.972. The number of carboxylic acids is 1. The molecule has 0 amide bonds. The van der Waals surface area contributed by atoms with Crippen LogP contribution in [0.3, 0.4) is 0 Å². The maximum atomic E-state index is 11.8. The molecule has 3 aromatic carbocycles. The Kier molecular flexibility index (Phi) is 6.75. The van der Waals surface area contributed by atoms with E-state index in [9.17, 15) is 9.90 Å². The van der Waals surface area contributed by atoms with E-state index in [2.05, 4.69) is 5.32 Å². The average Bonchev–Trinajstić information content (AvgIpc) is 3.19. The zero-order valence-corrected chi connectivity index (χ0v) is 19.1. The highest BCUT2D eigenvalue weighted by Gasteiger charge is 2.14. The van der Waals surface area contributed by atoms with Gasteiger partial charge in [-0.05, 0) is 53.6 Å². The molecule has 0 saturated heterocycles. The van der Waals surface area contributed by atoms with Gasteiger partial charge in [0.15, 0.2) is 0 Å². The van der Waals surface area contributed by atoms with Gasteiger partial charge < -0.3 is 15.0 Å². The van der Waals surface area contributed by atoms with E-state index < -0.39 is 5.97 Å². The largest absolute Gasteiger partial charge is 0.477 e. The van der Waals surface area contributed by atoms with Crippen molar-refractivity contribution in [2.45, 2.75) is 13.1 Å². The number of nitrogens with zero attached hydrogens (tertiary/aromatic N) is 1. The standard InChI is InChI=1S/C25H19Cl3N2O2/c26-19-8-4-16(5-9-19)14-30-15-18(12-24(30)25(31)32)17-6-10-20(11-7-17)29-13-21-22(27)2-1-3-23(21)28/h1-12,15,29H,13-14H2,(H,31,32). The molecular formula is C25H19Cl3N2O2. The lowest BCUT2D eigenvalue weighted by Gasteiger charge is -2.10. The third-order valence-electron chi connectivity index (χ3n) is 5.13. The second kappa shape index (κ2) is 9.70. The number of aromatic carboxylic acids is 1. The van der Waals surface area contributed by atoms with Crippen LogP contribution in [0, 0.1) is 0 Å². The Labute approximate surface area is 201 Å². The van der Waals surface area contributed by atoms with Crippen molar-refractivity contribution in [1.29, 1.82) is 0 Å². The molecule has 1 heterocycles. The molecule has 0 atom stereocenters. The van der Waals surface area contributed by atoms with Gasteiger partial charge in [0.05, 0.1) is 0 Å². The Bertz CT molecular complexity index is 1230. The van der Waals surface area contributed by atoms with Crippen LogP contribution in [0.1, 0.15) is 21.6 Å². The molecule has 0 bridgehead atoms. The van der Waals surface area contributed by atoms with Crippen LogP contribution in [0.5, 0.6) is 0 Å². The molecule has 0 aliphatic carbocycles. The molecule has 0 unspecified atom stereocenters. The molecule has 7 heteroatoms. The first-order chi connectivity index (χ1) is 15.4. The fraction of sp³-hybridized carbons (Fsp3) is 0.0800. The third-order valence-corrected chi connectivity index (χ3v) is 6.09. The van der Waals surface area contributed by atoms with Crippen LogP contribution in [-0.2, 0) is 13.1 Å². The molecule has 0 radical (unpaired) electrons. The quantitative estimate of drug-likeness (QED) is 0.285. The van der Waals surface area contributed by atoms with Gasteiger partial charge in [-0.15, -0.1) is 0 Å². The molecule has 0 saturated carbocycles. The minimum Gasteiger partial charge on any atom is -0.477 e. The lowest BCUT2D eigenvalue weighted by atomic mass is 10.1. The third kappa shape index (κ3) is 5.10. The summed E-state index contributed by atoms with van der Waals surface area (Å²) in [7, 11) is 0. The zero-order chi connectivity index (χ0) is 22.7. The van der Waals surface area contributed by atoms with Crippen LogP contribution in [0.25, 0.3) is 11.1 Å². The molecule has 0 aliphatic rings. The van der Waals surface area contributed by atoms with Gasteiger partial charge in [0.25, 0.3) is 0 Å². The number of rotatable bonds is 7. The summed E-state index contributed by atoms with van der Waals surface area (Å²) in [5, 5.41) is 14.8. The number of carbonyl (C=O) groups is 1. The van der Waals surface area contributed by atoms with Gasteiger partial charge in [-0.3, -0.25) is 0 Å². The van der Waals surface area contributed by atoms with Gasteiger partial charge in [0, 0.05) is 51.2 Å². The van der Waals surface area contributed by atoms with Gasteiger partial charge in [-0.1, -0.05) is 65.1 Å². The van der Waals surface area contributed by atoms with Gasteiger partial charge in [0.1, 0.15) is 5.69 Å². The summed E-state index contributed by atoms with van der Waals surface area (Å²) in [4.78, 5) is 11.8. The van der Waals surface area contributed by atoms with Gasteiger partial charge >= 0.3 is 5.97 Å². The first kappa shape index (κ1) is 22.3. The van der Waals surface area contributed by atoms with Crippen molar-refractivity contribution in [1.82, 2.24) is 4.57 Å². The van der Waals surface area contributed by atoms with Crippen LogP contribution in [-0.4, -0.2) is 15.6 Å². The summed E-state index contributed by atoms with van der Waals surface area (Å²) >= 11 is 18.4. The Balaban J connectivity index is 1.52. The summed E-state index contributed by atoms with van der Waals surface area (Å²) in [5.41, 5.74) is 4.69. The first-order valence-corrected chi connectivity index (χ1v) is 11.0. The molecule has 4 aromatic rings. The first-order valence-electron chi connectivity index (χ1n) is 9.86. The summed E-state index contributed by atoms with van der Waals surface area (Å²) in [6.07, 6.45) is 1.85. The van der Waals surface area contributed by atoms with Crippen LogP contribution >= 0.6 is 34.8 Å². The summed E-state index contributed by atoms with van der Waals surface area (Å²) in [6, 6.07) is 22.3. The highest BCUT2D eigenvalue weighted by molar-refractivity contribution is 6.36. The average molecular weight is 486 g/mol. The van der Waals surface area contributed by atoms with E-state index in [0.717, 1.165) is 27.9 Å². The van der Waals surface area contributed by atoms with Gasteiger partial charge in [-0.2, -0.15) is 0 Å². The highest BCUT2D eigenvalue weighted by Crippen LogP contribution is 2.27. The fourth-order valence-electron chi connectivity index (χ4n) is 3.44. The topological polar surface area (TPSA) is 54.3 Å². The van der Waals surface area contributed by atoms with Crippen LogP contribution in [0.2, 0.25) is 15.1 Å². The predicted octanol–water partition coefficient (Wildman–Crippen LogP) is 7.47.